The maximum absolute atomic E-state index is 5.56. The number of ether oxygens (including phenoxy) is 4. The number of hydrogen-bond acceptors (Lipinski definition) is 11. The quantitative estimate of drug-likeness (QED) is 0.216. The first kappa shape index (κ1) is 26.7. The fraction of sp³-hybridized carbons (Fsp3) is 0.625. The van der Waals surface area contributed by atoms with Crippen molar-refractivity contribution >= 4 is 23.5 Å². The van der Waals surface area contributed by atoms with E-state index in [0.717, 1.165) is 24.4 Å². The summed E-state index contributed by atoms with van der Waals surface area (Å²) in [4.78, 5) is 13.6. The maximum Gasteiger partial charge on any atom is 0.233 e. The van der Waals surface area contributed by atoms with Crippen molar-refractivity contribution in [1.82, 2.24) is 15.0 Å². The zero-order valence-corrected chi connectivity index (χ0v) is 20.7. The van der Waals surface area contributed by atoms with Crippen molar-refractivity contribution in [3.8, 4) is 11.5 Å². The largest absolute Gasteiger partial charge is 0.454 e. The highest BCUT2D eigenvalue weighted by Gasteiger charge is 2.14. The first-order valence-corrected chi connectivity index (χ1v) is 12.5. The van der Waals surface area contributed by atoms with Gasteiger partial charge in [0.15, 0.2) is 11.5 Å². The van der Waals surface area contributed by atoms with Crippen molar-refractivity contribution in [2.75, 3.05) is 68.8 Å². The Labute approximate surface area is 207 Å². The molecule has 0 saturated heterocycles. The topological polar surface area (TPSA) is 138 Å². The van der Waals surface area contributed by atoms with Crippen molar-refractivity contribution in [3.63, 3.8) is 0 Å². The molecule has 0 spiro atoms. The van der Waals surface area contributed by atoms with Crippen LogP contribution in [0, 0.1) is 0 Å². The van der Waals surface area contributed by atoms with E-state index in [2.05, 4.69) is 37.8 Å². The first-order chi connectivity index (χ1) is 17.3. The Kier molecular flexibility index (Phi) is 12.1. The summed E-state index contributed by atoms with van der Waals surface area (Å²) in [6, 6.07) is 5.62. The number of anilines is 4. The zero-order chi connectivity index (χ0) is 24.6. The average Bonchev–Trinajstić information content (AvgIpc) is 3.33. The number of aromatic nitrogens is 3. The molecule has 194 valence electrons. The fourth-order valence-corrected chi connectivity index (χ4v) is 3.44. The number of hydrogen-bond donors (Lipinski definition) is 4. The summed E-state index contributed by atoms with van der Waals surface area (Å²) < 4.78 is 21.7. The zero-order valence-electron chi connectivity index (χ0n) is 20.7. The summed E-state index contributed by atoms with van der Waals surface area (Å²) in [5.41, 5.74) is 6.20. The van der Waals surface area contributed by atoms with E-state index >= 15 is 0 Å². The molecule has 11 heteroatoms. The number of nitrogens with zero attached hydrogens (tertiary/aromatic N) is 3. The minimum absolute atomic E-state index is 0.229. The molecule has 2 heterocycles. The predicted molar refractivity (Wildman–Crippen MR) is 137 cm³/mol. The lowest BCUT2D eigenvalue weighted by molar-refractivity contribution is 0.0547. The number of unbranched alkanes of at least 4 members (excludes halogenated alkanes) is 5. The highest BCUT2D eigenvalue weighted by Crippen LogP contribution is 2.34. The van der Waals surface area contributed by atoms with Crippen LogP contribution in [0.2, 0.25) is 0 Å². The van der Waals surface area contributed by atoms with Gasteiger partial charge < -0.3 is 40.6 Å². The Bertz CT molecular complexity index is 872. The highest BCUT2D eigenvalue weighted by atomic mass is 16.7. The maximum atomic E-state index is 5.56. The SMILES string of the molecule is CCCCCCCCNc1nc(NCCOCCOCCN)nc(Nc2ccc3c(c2)OCO3)n1. The molecule has 1 aromatic carbocycles. The van der Waals surface area contributed by atoms with Gasteiger partial charge in [-0.2, -0.15) is 15.0 Å². The minimum atomic E-state index is 0.229. The van der Waals surface area contributed by atoms with E-state index in [1.165, 1.54) is 32.1 Å². The van der Waals surface area contributed by atoms with Gasteiger partial charge in [-0.15, -0.1) is 0 Å². The molecular formula is C24H39N7O4. The van der Waals surface area contributed by atoms with Crippen LogP contribution in [0.25, 0.3) is 0 Å². The third-order valence-corrected chi connectivity index (χ3v) is 5.24. The third kappa shape index (κ3) is 10.1. The van der Waals surface area contributed by atoms with Crippen LogP contribution in [-0.2, 0) is 9.47 Å². The van der Waals surface area contributed by atoms with Crippen LogP contribution in [0.4, 0.5) is 23.5 Å². The molecule has 2 aromatic rings. The Morgan fingerprint density at radius 3 is 2.29 bits per heavy atom. The highest BCUT2D eigenvalue weighted by molar-refractivity contribution is 5.61. The van der Waals surface area contributed by atoms with E-state index in [4.69, 9.17) is 24.7 Å². The van der Waals surface area contributed by atoms with Gasteiger partial charge in [-0.05, 0) is 18.6 Å². The van der Waals surface area contributed by atoms with Crippen LogP contribution in [0.3, 0.4) is 0 Å². The van der Waals surface area contributed by atoms with Crippen LogP contribution >= 0.6 is 0 Å². The molecular weight excluding hydrogens is 450 g/mol. The van der Waals surface area contributed by atoms with E-state index in [9.17, 15) is 0 Å². The molecule has 5 N–H and O–H groups in total. The lowest BCUT2D eigenvalue weighted by atomic mass is 10.1. The van der Waals surface area contributed by atoms with Gasteiger partial charge >= 0.3 is 0 Å². The van der Waals surface area contributed by atoms with E-state index in [0.29, 0.717) is 63.1 Å². The Balaban J connectivity index is 1.53. The monoisotopic (exact) mass is 489 g/mol. The molecule has 1 aliphatic rings. The predicted octanol–water partition coefficient (Wildman–Crippen LogP) is 3.52. The Morgan fingerprint density at radius 1 is 0.800 bits per heavy atom. The molecule has 1 aliphatic heterocycles. The molecule has 0 unspecified atom stereocenters. The van der Waals surface area contributed by atoms with Crippen molar-refractivity contribution in [2.45, 2.75) is 45.4 Å². The molecule has 0 radical (unpaired) electrons. The number of nitrogens with one attached hydrogen (secondary N) is 3. The number of rotatable bonds is 19. The number of nitrogens with two attached hydrogens (primary N) is 1. The first-order valence-electron chi connectivity index (χ1n) is 12.5. The molecule has 0 atom stereocenters. The van der Waals surface area contributed by atoms with Crippen LogP contribution in [0.1, 0.15) is 45.4 Å². The van der Waals surface area contributed by atoms with Gasteiger partial charge in [0, 0.05) is 31.4 Å². The van der Waals surface area contributed by atoms with Crippen LogP contribution < -0.4 is 31.2 Å². The summed E-state index contributed by atoms with van der Waals surface area (Å²) in [6.07, 6.45) is 7.37. The molecule has 1 aromatic heterocycles. The second-order valence-electron chi connectivity index (χ2n) is 8.13. The van der Waals surface area contributed by atoms with Gasteiger partial charge in [0.25, 0.3) is 0 Å². The fourth-order valence-electron chi connectivity index (χ4n) is 3.44. The summed E-state index contributed by atoms with van der Waals surface area (Å²) in [7, 11) is 0. The normalized spacial score (nSPS) is 12.1. The third-order valence-electron chi connectivity index (χ3n) is 5.24. The van der Waals surface area contributed by atoms with Crippen LogP contribution in [0.5, 0.6) is 11.5 Å². The Morgan fingerprint density at radius 2 is 1.49 bits per heavy atom. The lowest BCUT2D eigenvalue weighted by Gasteiger charge is -2.12. The number of benzene rings is 1. The minimum Gasteiger partial charge on any atom is -0.454 e. The van der Waals surface area contributed by atoms with E-state index in [1.54, 1.807) is 0 Å². The van der Waals surface area contributed by atoms with Crippen LogP contribution in [0.15, 0.2) is 18.2 Å². The standard InChI is InChI=1S/C24H39N7O4/c1-2-3-4-5-6-7-11-26-22-29-23(27-12-14-33-16-15-32-13-10-25)31-24(30-22)28-19-8-9-20-21(17-19)35-18-34-20/h8-9,17H,2-7,10-16,18,25H2,1H3,(H3,26,27,28,29,30,31). The van der Waals surface area contributed by atoms with Gasteiger partial charge in [-0.25, -0.2) is 0 Å². The summed E-state index contributed by atoms with van der Waals surface area (Å²) in [5.74, 6) is 2.84. The average molecular weight is 490 g/mol. The lowest BCUT2D eigenvalue weighted by Crippen LogP contribution is -2.17. The second kappa shape index (κ2) is 15.9. The van der Waals surface area contributed by atoms with Gasteiger partial charge in [0.05, 0.1) is 26.4 Å². The van der Waals surface area contributed by atoms with Gasteiger partial charge in [-0.3, -0.25) is 0 Å². The molecule has 0 amide bonds. The van der Waals surface area contributed by atoms with Gasteiger partial charge in [-0.1, -0.05) is 39.0 Å². The van der Waals surface area contributed by atoms with E-state index in [1.807, 2.05) is 18.2 Å². The van der Waals surface area contributed by atoms with Crippen molar-refractivity contribution in [2.24, 2.45) is 5.73 Å². The van der Waals surface area contributed by atoms with Crippen molar-refractivity contribution < 1.29 is 18.9 Å². The molecule has 3 rings (SSSR count). The van der Waals surface area contributed by atoms with Crippen molar-refractivity contribution in [3.05, 3.63) is 18.2 Å². The molecule has 35 heavy (non-hydrogen) atoms. The molecule has 0 aliphatic carbocycles. The molecule has 0 saturated carbocycles. The summed E-state index contributed by atoms with van der Waals surface area (Å²) >= 11 is 0. The van der Waals surface area contributed by atoms with Gasteiger partial charge in [0.2, 0.25) is 24.6 Å². The summed E-state index contributed by atoms with van der Waals surface area (Å²) in [5, 5.41) is 9.77. The van der Waals surface area contributed by atoms with E-state index in [-0.39, 0.29) is 6.79 Å². The molecule has 0 fully saturated rings. The second-order valence-corrected chi connectivity index (χ2v) is 8.13. The van der Waals surface area contributed by atoms with Crippen LogP contribution in [-0.4, -0.2) is 67.8 Å². The summed E-state index contributed by atoms with van der Waals surface area (Å²) in [6.45, 7) is 6.42. The molecule has 0 bridgehead atoms. The van der Waals surface area contributed by atoms with Crippen molar-refractivity contribution in [1.29, 1.82) is 0 Å². The number of fused-ring (bicyclic) bond motifs is 1. The van der Waals surface area contributed by atoms with Gasteiger partial charge in [0.1, 0.15) is 0 Å². The molecule has 11 nitrogen and oxygen atoms in total. The smallest absolute Gasteiger partial charge is 0.233 e. The Hall–Kier alpha value is -2.89. The van der Waals surface area contributed by atoms with E-state index < -0.39 is 0 Å².